The summed E-state index contributed by atoms with van der Waals surface area (Å²) in [5.41, 5.74) is 6.28. The van der Waals surface area contributed by atoms with Gasteiger partial charge in [-0.1, -0.05) is 24.3 Å². The summed E-state index contributed by atoms with van der Waals surface area (Å²) in [4.78, 5) is 25.3. The van der Waals surface area contributed by atoms with Gasteiger partial charge in [0.25, 0.3) is 5.91 Å². The molecule has 0 saturated heterocycles. The van der Waals surface area contributed by atoms with Crippen LogP contribution in [0.2, 0.25) is 0 Å². The van der Waals surface area contributed by atoms with Gasteiger partial charge in [0.1, 0.15) is 0 Å². The second kappa shape index (κ2) is 7.71. The van der Waals surface area contributed by atoms with Crippen molar-refractivity contribution in [3.63, 3.8) is 0 Å². The first-order valence-electron chi connectivity index (χ1n) is 6.89. The summed E-state index contributed by atoms with van der Waals surface area (Å²) in [7, 11) is 0. The molecule has 2 rings (SSSR count). The van der Waals surface area contributed by atoms with Crippen LogP contribution in [0.4, 0.5) is 0 Å². The molecule has 5 heteroatoms. The molecule has 110 valence electrons. The summed E-state index contributed by atoms with van der Waals surface area (Å²) in [5, 5.41) is 4.68. The molecule has 21 heavy (non-hydrogen) atoms. The maximum Gasteiger partial charge on any atom is 0.252 e. The molecule has 2 aromatic rings. The van der Waals surface area contributed by atoms with Gasteiger partial charge in [-0.15, -0.1) is 11.3 Å². The summed E-state index contributed by atoms with van der Waals surface area (Å²) in [6, 6.07) is 10.5. The molecule has 0 bridgehead atoms. The van der Waals surface area contributed by atoms with Crippen molar-refractivity contribution >= 4 is 23.0 Å². The fourth-order valence-corrected chi connectivity index (χ4v) is 2.66. The maximum atomic E-state index is 12.4. The lowest BCUT2D eigenvalue weighted by Gasteiger charge is -2.08. The van der Waals surface area contributed by atoms with Crippen molar-refractivity contribution in [3.8, 4) is 0 Å². The number of benzene rings is 1. The van der Waals surface area contributed by atoms with Gasteiger partial charge in [0.05, 0.1) is 10.4 Å². The first-order chi connectivity index (χ1) is 10.2. The number of amides is 1. The Morgan fingerprint density at radius 1 is 1.05 bits per heavy atom. The molecule has 0 fully saturated rings. The lowest BCUT2D eigenvalue weighted by Crippen LogP contribution is -2.26. The van der Waals surface area contributed by atoms with Crippen molar-refractivity contribution in [2.75, 3.05) is 13.1 Å². The molecular weight excluding hydrogens is 284 g/mol. The average molecular weight is 302 g/mol. The third-order valence-electron chi connectivity index (χ3n) is 3.08. The molecule has 0 unspecified atom stereocenters. The van der Waals surface area contributed by atoms with E-state index >= 15 is 0 Å². The van der Waals surface area contributed by atoms with Gasteiger partial charge in [-0.3, -0.25) is 9.59 Å². The van der Waals surface area contributed by atoms with E-state index in [-0.39, 0.29) is 11.7 Å². The van der Waals surface area contributed by atoms with Crippen LogP contribution in [-0.4, -0.2) is 24.8 Å². The normalized spacial score (nSPS) is 10.3. The monoisotopic (exact) mass is 302 g/mol. The molecule has 0 spiro atoms. The van der Waals surface area contributed by atoms with Gasteiger partial charge in [0.15, 0.2) is 0 Å². The molecule has 0 aliphatic rings. The van der Waals surface area contributed by atoms with E-state index in [1.54, 1.807) is 30.3 Å². The first-order valence-corrected chi connectivity index (χ1v) is 7.77. The van der Waals surface area contributed by atoms with Gasteiger partial charge in [0, 0.05) is 12.1 Å². The van der Waals surface area contributed by atoms with E-state index in [4.69, 9.17) is 5.73 Å². The predicted molar refractivity (Wildman–Crippen MR) is 84.8 cm³/mol. The van der Waals surface area contributed by atoms with Crippen molar-refractivity contribution in [2.24, 2.45) is 5.73 Å². The number of unbranched alkanes of at least 4 members (excludes halogenated alkanes) is 1. The highest BCUT2D eigenvalue weighted by Gasteiger charge is 2.18. The lowest BCUT2D eigenvalue weighted by molar-refractivity contribution is 0.0942. The molecule has 0 aliphatic heterocycles. The number of hydrogen-bond acceptors (Lipinski definition) is 4. The number of nitrogens with one attached hydrogen (secondary N) is 1. The minimum Gasteiger partial charge on any atom is -0.352 e. The molecule has 0 saturated carbocycles. The molecule has 3 N–H and O–H groups in total. The Morgan fingerprint density at radius 3 is 2.48 bits per heavy atom. The molecule has 0 atom stereocenters. The molecule has 4 nitrogen and oxygen atoms in total. The molecule has 1 aromatic heterocycles. The van der Waals surface area contributed by atoms with Gasteiger partial charge in [0.2, 0.25) is 5.78 Å². The Kier molecular flexibility index (Phi) is 5.66. The topological polar surface area (TPSA) is 72.2 Å². The minimum atomic E-state index is -0.215. The van der Waals surface area contributed by atoms with Crippen LogP contribution in [0.5, 0.6) is 0 Å². The van der Waals surface area contributed by atoms with Crippen LogP contribution in [-0.2, 0) is 0 Å². The highest BCUT2D eigenvalue weighted by molar-refractivity contribution is 7.12. The van der Waals surface area contributed by atoms with Crippen molar-refractivity contribution < 1.29 is 9.59 Å². The third kappa shape index (κ3) is 4.00. The molecule has 1 heterocycles. The van der Waals surface area contributed by atoms with E-state index < -0.39 is 0 Å². The Morgan fingerprint density at radius 2 is 1.81 bits per heavy atom. The van der Waals surface area contributed by atoms with E-state index in [0.717, 1.165) is 12.8 Å². The van der Waals surface area contributed by atoms with Crippen LogP contribution in [0.3, 0.4) is 0 Å². The van der Waals surface area contributed by atoms with E-state index in [1.807, 2.05) is 11.4 Å². The Hall–Kier alpha value is -1.98. The predicted octanol–water partition coefficient (Wildman–Crippen LogP) is 2.45. The average Bonchev–Trinajstić information content (AvgIpc) is 3.05. The van der Waals surface area contributed by atoms with Gasteiger partial charge < -0.3 is 11.1 Å². The number of thiophene rings is 1. The Labute approximate surface area is 128 Å². The fourth-order valence-electron chi connectivity index (χ4n) is 1.99. The van der Waals surface area contributed by atoms with Crippen LogP contribution in [0.15, 0.2) is 41.8 Å². The molecule has 1 amide bonds. The largest absolute Gasteiger partial charge is 0.352 e. The lowest BCUT2D eigenvalue weighted by atomic mass is 10.0. The van der Waals surface area contributed by atoms with Gasteiger partial charge in [-0.2, -0.15) is 0 Å². The van der Waals surface area contributed by atoms with Crippen LogP contribution in [0, 0.1) is 0 Å². The minimum absolute atomic E-state index is 0.113. The zero-order valence-electron chi connectivity index (χ0n) is 11.7. The van der Waals surface area contributed by atoms with E-state index in [1.165, 1.54) is 11.3 Å². The van der Waals surface area contributed by atoms with E-state index in [9.17, 15) is 9.59 Å². The fraction of sp³-hybridized carbons (Fsp3) is 0.250. The summed E-state index contributed by atoms with van der Waals surface area (Å²) >= 11 is 1.38. The van der Waals surface area contributed by atoms with Crippen LogP contribution in [0.1, 0.15) is 38.4 Å². The quantitative estimate of drug-likeness (QED) is 0.609. The maximum absolute atomic E-state index is 12.4. The van der Waals surface area contributed by atoms with Crippen molar-refractivity contribution in [2.45, 2.75) is 12.8 Å². The Balaban J connectivity index is 2.13. The number of nitrogens with two attached hydrogens (primary N) is 1. The van der Waals surface area contributed by atoms with Crippen molar-refractivity contribution in [3.05, 3.63) is 57.8 Å². The number of rotatable bonds is 7. The van der Waals surface area contributed by atoms with E-state index in [0.29, 0.717) is 29.1 Å². The molecule has 1 aromatic carbocycles. The summed E-state index contributed by atoms with van der Waals surface area (Å²) in [6.07, 6.45) is 1.71. The second-order valence-corrected chi connectivity index (χ2v) is 5.55. The van der Waals surface area contributed by atoms with Crippen LogP contribution >= 0.6 is 11.3 Å². The standard InChI is InChI=1S/C16H18N2O2S/c17-9-3-4-10-18-16(20)13-7-2-1-6-12(13)15(19)14-8-5-11-21-14/h1-2,5-8,11H,3-4,9-10,17H2,(H,18,20). The highest BCUT2D eigenvalue weighted by Crippen LogP contribution is 2.18. The summed E-state index contributed by atoms with van der Waals surface area (Å²) in [6.45, 7) is 1.18. The molecular formula is C16H18N2O2S. The van der Waals surface area contributed by atoms with Gasteiger partial charge in [-0.05, 0) is 36.9 Å². The number of ketones is 1. The third-order valence-corrected chi connectivity index (χ3v) is 3.95. The first kappa shape index (κ1) is 15.4. The second-order valence-electron chi connectivity index (χ2n) is 4.60. The summed E-state index contributed by atoms with van der Waals surface area (Å²) < 4.78 is 0. The Bertz CT molecular complexity index is 608. The zero-order valence-corrected chi connectivity index (χ0v) is 12.5. The number of hydrogen-bond donors (Lipinski definition) is 2. The SMILES string of the molecule is NCCCCNC(=O)c1ccccc1C(=O)c1cccs1. The summed E-state index contributed by atoms with van der Waals surface area (Å²) in [5.74, 6) is -0.328. The van der Waals surface area contributed by atoms with Crippen molar-refractivity contribution in [1.29, 1.82) is 0 Å². The number of carbonyl (C=O) groups is 2. The van der Waals surface area contributed by atoms with E-state index in [2.05, 4.69) is 5.32 Å². The van der Waals surface area contributed by atoms with Gasteiger partial charge >= 0.3 is 0 Å². The molecule has 0 radical (unpaired) electrons. The highest BCUT2D eigenvalue weighted by atomic mass is 32.1. The number of carbonyl (C=O) groups excluding carboxylic acids is 2. The zero-order chi connectivity index (χ0) is 15.1. The van der Waals surface area contributed by atoms with Crippen molar-refractivity contribution in [1.82, 2.24) is 5.32 Å². The van der Waals surface area contributed by atoms with Crippen LogP contribution < -0.4 is 11.1 Å². The van der Waals surface area contributed by atoms with Crippen LogP contribution in [0.25, 0.3) is 0 Å². The molecule has 0 aliphatic carbocycles. The van der Waals surface area contributed by atoms with Gasteiger partial charge in [-0.25, -0.2) is 0 Å². The smallest absolute Gasteiger partial charge is 0.252 e.